The van der Waals surface area contributed by atoms with E-state index in [1.807, 2.05) is 13.8 Å². The van der Waals surface area contributed by atoms with Crippen molar-refractivity contribution in [2.24, 2.45) is 0 Å². The number of allylic oxidation sites excluding steroid dienone is 3. The number of carbonyl (C=O) groups excluding carboxylic acids is 1. The average Bonchev–Trinajstić information content (AvgIpc) is 2.42. The van der Waals surface area contributed by atoms with Gasteiger partial charge in [-0.15, -0.1) is 0 Å². The number of nitro benzene ring substituents is 1. The molecule has 5 nitrogen and oxygen atoms in total. The summed E-state index contributed by atoms with van der Waals surface area (Å²) in [6, 6.07) is 6.39. The Bertz CT molecular complexity index is 650. The first kappa shape index (κ1) is 14.3. The highest BCUT2D eigenvalue weighted by atomic mass is 35.5. The molecule has 0 radical (unpaired) electrons. The maximum absolute atomic E-state index is 11.3. The van der Waals surface area contributed by atoms with E-state index in [-0.39, 0.29) is 10.8 Å². The van der Waals surface area contributed by atoms with E-state index in [0.717, 1.165) is 11.3 Å². The van der Waals surface area contributed by atoms with Gasteiger partial charge >= 0.3 is 0 Å². The predicted octanol–water partition coefficient (Wildman–Crippen LogP) is 3.22. The van der Waals surface area contributed by atoms with Crippen LogP contribution < -0.4 is 5.32 Å². The van der Waals surface area contributed by atoms with Crippen molar-refractivity contribution in [2.75, 3.05) is 0 Å². The highest BCUT2D eigenvalue weighted by molar-refractivity contribution is 6.31. The van der Waals surface area contributed by atoms with E-state index in [1.54, 1.807) is 18.2 Å². The van der Waals surface area contributed by atoms with E-state index in [1.165, 1.54) is 6.07 Å². The Balaban J connectivity index is 2.68. The van der Waals surface area contributed by atoms with E-state index in [4.69, 9.17) is 11.6 Å². The van der Waals surface area contributed by atoms with E-state index in [2.05, 4.69) is 5.32 Å². The Labute approximate surface area is 121 Å². The summed E-state index contributed by atoms with van der Waals surface area (Å²) < 4.78 is 0. The molecule has 2 rings (SSSR count). The molecule has 0 amide bonds. The molecule has 1 unspecified atom stereocenters. The highest BCUT2D eigenvalue weighted by Crippen LogP contribution is 2.40. The van der Waals surface area contributed by atoms with Gasteiger partial charge in [-0.3, -0.25) is 14.9 Å². The minimum absolute atomic E-state index is 0.0182. The molecule has 6 heteroatoms. The summed E-state index contributed by atoms with van der Waals surface area (Å²) >= 11 is 6.05. The molecule has 0 saturated heterocycles. The van der Waals surface area contributed by atoms with Crippen molar-refractivity contribution in [2.45, 2.75) is 19.8 Å². The zero-order valence-electron chi connectivity index (χ0n) is 11.0. The van der Waals surface area contributed by atoms with Crippen LogP contribution in [0.3, 0.4) is 0 Å². The SMILES string of the molecule is CC1=C(C)C(c2ccccc2[N+](=O)[O-])C(C=O)=C(Cl)N1. The number of aldehydes is 1. The Morgan fingerprint density at radius 3 is 2.60 bits per heavy atom. The molecule has 1 aromatic carbocycles. The second-order valence-electron chi connectivity index (χ2n) is 4.57. The normalized spacial score (nSPS) is 18.9. The molecule has 0 fully saturated rings. The second-order valence-corrected chi connectivity index (χ2v) is 4.95. The smallest absolute Gasteiger partial charge is 0.273 e. The van der Waals surface area contributed by atoms with Gasteiger partial charge in [0.1, 0.15) is 11.4 Å². The quantitative estimate of drug-likeness (QED) is 0.402. The van der Waals surface area contributed by atoms with E-state index >= 15 is 0 Å². The van der Waals surface area contributed by atoms with Crippen LogP contribution in [-0.4, -0.2) is 11.2 Å². The molecule has 1 aliphatic rings. The van der Waals surface area contributed by atoms with Crippen LogP contribution in [0.5, 0.6) is 0 Å². The van der Waals surface area contributed by atoms with Gasteiger partial charge < -0.3 is 5.32 Å². The molecule has 0 bridgehead atoms. The number of halogens is 1. The van der Waals surface area contributed by atoms with Gasteiger partial charge in [0, 0.05) is 28.8 Å². The van der Waals surface area contributed by atoms with Crippen LogP contribution in [0.4, 0.5) is 5.69 Å². The van der Waals surface area contributed by atoms with Crippen LogP contribution in [0.1, 0.15) is 25.3 Å². The topological polar surface area (TPSA) is 72.2 Å². The fourth-order valence-corrected chi connectivity index (χ4v) is 2.63. The highest BCUT2D eigenvalue weighted by Gasteiger charge is 2.31. The van der Waals surface area contributed by atoms with Gasteiger partial charge in [-0.05, 0) is 19.4 Å². The molecule has 1 N–H and O–H groups in total. The van der Waals surface area contributed by atoms with Crippen LogP contribution in [0.2, 0.25) is 0 Å². The van der Waals surface area contributed by atoms with Gasteiger partial charge in [0.05, 0.1) is 4.92 Å². The minimum Gasteiger partial charge on any atom is -0.350 e. The summed E-state index contributed by atoms with van der Waals surface area (Å²) in [7, 11) is 0. The van der Waals surface area contributed by atoms with Gasteiger partial charge in [0.15, 0.2) is 0 Å². The van der Waals surface area contributed by atoms with Gasteiger partial charge in [-0.2, -0.15) is 0 Å². The van der Waals surface area contributed by atoms with Gasteiger partial charge in [0.2, 0.25) is 0 Å². The lowest BCUT2D eigenvalue weighted by molar-refractivity contribution is -0.385. The molecule has 1 aromatic rings. The number of rotatable bonds is 3. The monoisotopic (exact) mass is 292 g/mol. The lowest BCUT2D eigenvalue weighted by atomic mass is 9.83. The number of carbonyl (C=O) groups is 1. The first-order valence-electron chi connectivity index (χ1n) is 6.00. The zero-order valence-corrected chi connectivity index (χ0v) is 11.8. The molecule has 1 atom stereocenters. The molecule has 20 heavy (non-hydrogen) atoms. The lowest BCUT2D eigenvalue weighted by Gasteiger charge is -2.27. The van der Waals surface area contributed by atoms with E-state index in [0.29, 0.717) is 17.4 Å². The Hall–Kier alpha value is -2.14. The zero-order chi connectivity index (χ0) is 14.9. The molecule has 0 aromatic heterocycles. The number of para-hydroxylation sites is 1. The van der Waals surface area contributed by atoms with Crippen molar-refractivity contribution >= 4 is 23.6 Å². The van der Waals surface area contributed by atoms with Crippen LogP contribution in [0, 0.1) is 10.1 Å². The summed E-state index contributed by atoms with van der Waals surface area (Å²) in [5.74, 6) is -0.497. The molecule has 0 saturated carbocycles. The van der Waals surface area contributed by atoms with Crippen molar-refractivity contribution < 1.29 is 9.72 Å². The number of benzene rings is 1. The van der Waals surface area contributed by atoms with E-state index in [9.17, 15) is 14.9 Å². The number of nitrogens with one attached hydrogen (secondary N) is 1. The molecule has 0 aliphatic carbocycles. The summed E-state index contributed by atoms with van der Waals surface area (Å²) in [4.78, 5) is 22.0. The molecule has 1 aliphatic heterocycles. The Kier molecular flexibility index (Phi) is 3.90. The summed E-state index contributed by atoms with van der Waals surface area (Å²) in [5.41, 5.74) is 2.39. The standard InChI is InChI=1S/C14H13ClN2O3/c1-8-9(2)16-14(15)11(7-18)13(8)10-5-3-4-6-12(10)17(19)20/h3-7,13,16H,1-2H3. The third-order valence-electron chi connectivity index (χ3n) is 3.46. The van der Waals surface area contributed by atoms with Crippen molar-refractivity contribution in [3.63, 3.8) is 0 Å². The average molecular weight is 293 g/mol. The van der Waals surface area contributed by atoms with Gasteiger partial charge in [0.25, 0.3) is 5.69 Å². The fraction of sp³-hybridized carbons (Fsp3) is 0.214. The first-order chi connectivity index (χ1) is 9.47. The Morgan fingerprint density at radius 1 is 1.35 bits per heavy atom. The number of nitro groups is 1. The third-order valence-corrected chi connectivity index (χ3v) is 3.77. The van der Waals surface area contributed by atoms with Gasteiger partial charge in [-0.1, -0.05) is 29.8 Å². The van der Waals surface area contributed by atoms with Crippen LogP contribution in [-0.2, 0) is 4.79 Å². The van der Waals surface area contributed by atoms with Crippen LogP contribution >= 0.6 is 11.6 Å². The maximum atomic E-state index is 11.3. The van der Waals surface area contributed by atoms with E-state index < -0.39 is 10.8 Å². The third kappa shape index (κ3) is 2.32. The molecule has 0 spiro atoms. The Morgan fingerprint density at radius 2 is 2.00 bits per heavy atom. The summed E-state index contributed by atoms with van der Waals surface area (Å²) in [5, 5.41) is 14.3. The maximum Gasteiger partial charge on any atom is 0.273 e. The predicted molar refractivity (Wildman–Crippen MR) is 76.3 cm³/mol. The van der Waals surface area contributed by atoms with Crippen molar-refractivity contribution in [3.05, 3.63) is 61.9 Å². The molecular weight excluding hydrogens is 280 g/mol. The minimum atomic E-state index is -0.497. The fourth-order valence-electron chi connectivity index (χ4n) is 2.33. The number of hydrogen-bond donors (Lipinski definition) is 1. The van der Waals surface area contributed by atoms with Crippen LogP contribution in [0.25, 0.3) is 0 Å². The van der Waals surface area contributed by atoms with Crippen molar-refractivity contribution in [3.8, 4) is 0 Å². The molecular formula is C14H13ClN2O3. The second kappa shape index (κ2) is 5.46. The summed E-state index contributed by atoms with van der Waals surface area (Å²) in [6.07, 6.45) is 0.646. The first-order valence-corrected chi connectivity index (χ1v) is 6.37. The number of hydrogen-bond acceptors (Lipinski definition) is 4. The van der Waals surface area contributed by atoms with Crippen molar-refractivity contribution in [1.82, 2.24) is 5.32 Å². The number of nitrogens with zero attached hydrogens (tertiary/aromatic N) is 1. The summed E-state index contributed by atoms with van der Waals surface area (Å²) in [6.45, 7) is 3.65. The van der Waals surface area contributed by atoms with Crippen molar-refractivity contribution in [1.29, 1.82) is 0 Å². The van der Waals surface area contributed by atoms with Crippen LogP contribution in [0.15, 0.2) is 46.3 Å². The molecule has 1 heterocycles. The number of dihydropyridines is 1. The van der Waals surface area contributed by atoms with Gasteiger partial charge in [-0.25, -0.2) is 0 Å². The largest absolute Gasteiger partial charge is 0.350 e. The molecule has 104 valence electrons. The lowest BCUT2D eigenvalue weighted by Crippen LogP contribution is -2.23.